The largest absolute Gasteiger partial charge is 0.481 e. The number of ether oxygens (including phenoxy) is 1. The van der Waals surface area contributed by atoms with E-state index in [2.05, 4.69) is 21.2 Å². The molecule has 190 valence electrons. The average Bonchev–Trinajstić information content (AvgIpc) is 2.88. The maximum absolute atomic E-state index is 12.5. The van der Waals surface area contributed by atoms with Crippen molar-refractivity contribution in [3.05, 3.63) is 85.3 Å². The van der Waals surface area contributed by atoms with Gasteiger partial charge >= 0.3 is 0 Å². The van der Waals surface area contributed by atoms with Gasteiger partial charge in [0.25, 0.3) is 5.91 Å². The Morgan fingerprint density at radius 2 is 1.47 bits per heavy atom. The van der Waals surface area contributed by atoms with Crippen molar-refractivity contribution in [2.45, 2.75) is 20.4 Å². The van der Waals surface area contributed by atoms with Gasteiger partial charge in [0.1, 0.15) is 0 Å². The lowest BCUT2D eigenvalue weighted by atomic mass is 10.1. The summed E-state index contributed by atoms with van der Waals surface area (Å²) in [5, 5.41) is 4.76. The fraction of sp³-hybridized carbons (Fsp3) is 0.296. The smallest absolute Gasteiger partial charge is 0.262 e. The van der Waals surface area contributed by atoms with Crippen LogP contribution in [0, 0.1) is 13.8 Å². The van der Waals surface area contributed by atoms with Crippen molar-refractivity contribution < 1.29 is 9.53 Å². The van der Waals surface area contributed by atoms with Crippen molar-refractivity contribution in [2.75, 3.05) is 43.0 Å². The van der Waals surface area contributed by atoms with Crippen molar-refractivity contribution in [2.24, 2.45) is 0 Å². The molecule has 3 aromatic carbocycles. The van der Waals surface area contributed by atoms with E-state index in [-0.39, 0.29) is 18.3 Å². The van der Waals surface area contributed by atoms with Gasteiger partial charge in [-0.15, -0.1) is 0 Å². The summed E-state index contributed by atoms with van der Waals surface area (Å²) in [5.74, 6) is -0.0507. The topological polar surface area (TPSA) is 44.8 Å². The van der Waals surface area contributed by atoms with Crippen LogP contribution in [0.25, 0.3) is 0 Å². The molecule has 0 spiro atoms. The fourth-order valence-electron chi connectivity index (χ4n) is 4.16. The highest BCUT2D eigenvalue weighted by atomic mass is 35.5. The monoisotopic (exact) mass is 565 g/mol. The lowest BCUT2D eigenvalue weighted by Gasteiger charge is -2.36. The van der Waals surface area contributed by atoms with Crippen LogP contribution in [0.1, 0.15) is 16.7 Å². The minimum atomic E-state index is -0.312. The molecular formula is C27H27Cl4N3O2. The first-order valence-electron chi connectivity index (χ1n) is 11.6. The van der Waals surface area contributed by atoms with E-state index in [0.717, 1.165) is 49.0 Å². The lowest BCUT2D eigenvalue weighted by molar-refractivity contribution is -0.118. The van der Waals surface area contributed by atoms with E-state index in [1.165, 1.54) is 0 Å². The molecule has 1 heterocycles. The molecule has 0 unspecified atom stereocenters. The van der Waals surface area contributed by atoms with Gasteiger partial charge in [0.05, 0.1) is 10.0 Å². The quantitative estimate of drug-likeness (QED) is 0.327. The number of carbonyl (C=O) groups excluding carboxylic acids is 1. The zero-order valence-electron chi connectivity index (χ0n) is 20.1. The summed E-state index contributed by atoms with van der Waals surface area (Å²) < 4.78 is 5.64. The maximum Gasteiger partial charge on any atom is 0.262 e. The number of benzene rings is 3. The first-order valence-corrected chi connectivity index (χ1v) is 13.1. The number of rotatable bonds is 7. The Morgan fingerprint density at radius 1 is 0.861 bits per heavy atom. The number of nitrogens with one attached hydrogen (secondary N) is 1. The van der Waals surface area contributed by atoms with E-state index < -0.39 is 0 Å². The van der Waals surface area contributed by atoms with E-state index in [9.17, 15) is 4.79 Å². The fourth-order valence-corrected chi connectivity index (χ4v) is 5.18. The average molecular weight is 567 g/mol. The molecule has 1 saturated heterocycles. The molecule has 1 aliphatic heterocycles. The van der Waals surface area contributed by atoms with Gasteiger partial charge in [0.15, 0.2) is 12.4 Å². The Bertz CT molecular complexity index is 1210. The minimum Gasteiger partial charge on any atom is -0.481 e. The Labute approximate surface area is 231 Å². The van der Waals surface area contributed by atoms with Gasteiger partial charge in [0, 0.05) is 54.1 Å². The molecular weight excluding hydrogens is 540 g/mol. The summed E-state index contributed by atoms with van der Waals surface area (Å²) in [7, 11) is 0. The van der Waals surface area contributed by atoms with Crippen LogP contribution >= 0.6 is 46.4 Å². The second kappa shape index (κ2) is 11.9. The first-order chi connectivity index (χ1) is 17.2. The molecule has 1 N–H and O–H groups in total. The zero-order valence-corrected chi connectivity index (χ0v) is 23.1. The predicted octanol–water partition coefficient (Wildman–Crippen LogP) is 7.26. The van der Waals surface area contributed by atoms with Gasteiger partial charge in [-0.1, -0.05) is 64.6 Å². The lowest BCUT2D eigenvalue weighted by Crippen LogP contribution is -2.46. The number of hydrogen-bond donors (Lipinski definition) is 1. The van der Waals surface area contributed by atoms with E-state index in [1.54, 1.807) is 13.8 Å². The molecule has 0 aliphatic carbocycles. The number of halogens is 4. The molecule has 3 aromatic rings. The van der Waals surface area contributed by atoms with Crippen molar-refractivity contribution >= 4 is 63.7 Å². The normalized spacial score (nSPS) is 14.1. The summed E-state index contributed by atoms with van der Waals surface area (Å²) in [4.78, 5) is 17.2. The van der Waals surface area contributed by atoms with E-state index >= 15 is 0 Å². The Morgan fingerprint density at radius 3 is 2.08 bits per heavy atom. The molecule has 5 nitrogen and oxygen atoms in total. The summed E-state index contributed by atoms with van der Waals surface area (Å²) >= 11 is 25.2. The SMILES string of the molecule is Cc1c(Cl)c(C)c(Cl)c(OCC(=O)Nc2ccc(N3CCN(Cc4ccccc4Cl)CC3)cc2)c1Cl. The second-order valence-electron chi connectivity index (χ2n) is 8.76. The molecule has 4 rings (SSSR count). The molecule has 0 bridgehead atoms. The number of hydrogen-bond acceptors (Lipinski definition) is 4. The third-order valence-electron chi connectivity index (χ3n) is 6.30. The third kappa shape index (κ3) is 6.21. The van der Waals surface area contributed by atoms with E-state index in [1.807, 2.05) is 42.5 Å². The maximum atomic E-state index is 12.5. The second-order valence-corrected chi connectivity index (χ2v) is 10.3. The summed E-state index contributed by atoms with van der Waals surface area (Å²) in [6.45, 7) is 7.94. The van der Waals surface area contributed by atoms with Gasteiger partial charge in [0.2, 0.25) is 0 Å². The number of amides is 1. The highest BCUT2D eigenvalue weighted by molar-refractivity contribution is 6.42. The summed E-state index contributed by atoms with van der Waals surface area (Å²) in [6, 6.07) is 15.8. The molecule has 0 saturated carbocycles. The third-order valence-corrected chi connectivity index (χ3v) is 8.15. The Kier molecular flexibility index (Phi) is 8.91. The van der Waals surface area contributed by atoms with Crippen LogP contribution < -0.4 is 15.0 Å². The number of nitrogens with zero attached hydrogens (tertiary/aromatic N) is 2. The number of piperazine rings is 1. The van der Waals surface area contributed by atoms with Gasteiger partial charge in [-0.05, 0) is 60.9 Å². The number of anilines is 2. The molecule has 1 aliphatic rings. The van der Waals surface area contributed by atoms with Gasteiger partial charge in [-0.2, -0.15) is 0 Å². The highest BCUT2D eigenvalue weighted by Crippen LogP contribution is 2.42. The molecule has 36 heavy (non-hydrogen) atoms. The zero-order chi connectivity index (χ0) is 25.8. The van der Waals surface area contributed by atoms with Crippen molar-refractivity contribution in [1.82, 2.24) is 4.90 Å². The van der Waals surface area contributed by atoms with Crippen LogP contribution in [0.3, 0.4) is 0 Å². The van der Waals surface area contributed by atoms with Gasteiger partial charge < -0.3 is 15.0 Å². The molecule has 1 amide bonds. The molecule has 0 radical (unpaired) electrons. The van der Waals surface area contributed by atoms with Crippen molar-refractivity contribution in [3.63, 3.8) is 0 Å². The van der Waals surface area contributed by atoms with Crippen LogP contribution in [-0.4, -0.2) is 43.6 Å². The van der Waals surface area contributed by atoms with Crippen LogP contribution in [0.2, 0.25) is 20.1 Å². The van der Waals surface area contributed by atoms with Crippen LogP contribution in [0.15, 0.2) is 48.5 Å². The van der Waals surface area contributed by atoms with Crippen LogP contribution in [0.4, 0.5) is 11.4 Å². The summed E-state index contributed by atoms with van der Waals surface area (Å²) in [6.07, 6.45) is 0. The standard InChI is InChI=1S/C27H27Cl4N3O2/c1-17-24(29)18(2)26(31)27(25(17)30)36-16-23(35)32-20-7-9-21(10-8-20)34-13-11-33(12-14-34)15-19-5-3-4-6-22(19)28/h3-10H,11-16H2,1-2H3,(H,32,35). The van der Waals surface area contributed by atoms with Crippen LogP contribution in [0.5, 0.6) is 5.75 Å². The van der Waals surface area contributed by atoms with Gasteiger partial charge in [-0.3, -0.25) is 9.69 Å². The Hall–Kier alpha value is -2.15. The van der Waals surface area contributed by atoms with E-state index in [4.69, 9.17) is 51.1 Å². The number of carbonyl (C=O) groups is 1. The van der Waals surface area contributed by atoms with Crippen LogP contribution in [-0.2, 0) is 11.3 Å². The highest BCUT2D eigenvalue weighted by Gasteiger charge is 2.20. The summed E-state index contributed by atoms with van der Waals surface area (Å²) in [5.41, 5.74) is 4.28. The van der Waals surface area contributed by atoms with E-state index in [0.29, 0.717) is 31.9 Å². The van der Waals surface area contributed by atoms with Crippen molar-refractivity contribution in [3.8, 4) is 5.75 Å². The van der Waals surface area contributed by atoms with Crippen molar-refractivity contribution in [1.29, 1.82) is 0 Å². The van der Waals surface area contributed by atoms with Gasteiger partial charge in [-0.25, -0.2) is 0 Å². The first kappa shape index (κ1) is 26.9. The molecule has 9 heteroatoms. The molecule has 0 atom stereocenters. The minimum absolute atomic E-state index is 0.227. The molecule has 1 fully saturated rings. The Balaban J connectivity index is 1.28. The molecule has 0 aromatic heterocycles. The predicted molar refractivity (Wildman–Crippen MR) is 150 cm³/mol.